The molecule has 1 heteroatoms. The van der Waals surface area contributed by atoms with E-state index in [-0.39, 0.29) is 0 Å². The molecule has 1 radical (unpaired) electrons. The normalized spacial score (nSPS) is 23.2. The van der Waals surface area contributed by atoms with Gasteiger partial charge in [0.05, 0.1) is 0 Å². The predicted molar refractivity (Wildman–Crippen MR) is 35.3 cm³/mol. The highest BCUT2D eigenvalue weighted by Gasteiger charge is 2.18. The summed E-state index contributed by atoms with van der Waals surface area (Å²) in [6.45, 7) is 1.96. The summed E-state index contributed by atoms with van der Waals surface area (Å²) in [5.74, 6) is 0.993. The van der Waals surface area contributed by atoms with Gasteiger partial charge < -0.3 is 4.74 Å². The zero-order valence-corrected chi connectivity index (χ0v) is 5.22. The van der Waals surface area contributed by atoms with E-state index in [1.54, 1.807) is 0 Å². The molecule has 0 N–H and O–H groups in total. The fourth-order valence-electron chi connectivity index (χ4n) is 1.05. The topological polar surface area (TPSA) is 9.23 Å². The Morgan fingerprint density at radius 1 is 1.44 bits per heavy atom. The van der Waals surface area contributed by atoms with E-state index in [0.717, 1.165) is 11.9 Å². The van der Waals surface area contributed by atoms with Gasteiger partial charge in [-0.2, -0.15) is 0 Å². The maximum atomic E-state index is 5.31. The van der Waals surface area contributed by atoms with Crippen LogP contribution in [-0.4, -0.2) is 0 Å². The molecule has 45 valence electrons. The monoisotopic (exact) mass is 119 g/mol. The SMILES string of the molecule is C[C]1C=C2C=CC=C2O1. The molecule has 0 bridgehead atoms. The van der Waals surface area contributed by atoms with Crippen molar-refractivity contribution in [2.45, 2.75) is 6.92 Å². The summed E-state index contributed by atoms with van der Waals surface area (Å²) in [7, 11) is 0. The van der Waals surface area contributed by atoms with Crippen molar-refractivity contribution < 1.29 is 4.74 Å². The molecule has 0 aromatic carbocycles. The van der Waals surface area contributed by atoms with E-state index in [1.165, 1.54) is 5.57 Å². The van der Waals surface area contributed by atoms with Crippen LogP contribution >= 0.6 is 0 Å². The van der Waals surface area contributed by atoms with Crippen molar-refractivity contribution >= 4 is 0 Å². The Hall–Kier alpha value is -0.980. The minimum Gasteiger partial charge on any atom is -0.478 e. The quantitative estimate of drug-likeness (QED) is 0.473. The Balaban J connectivity index is 2.40. The Bertz CT molecular complexity index is 221. The van der Waals surface area contributed by atoms with E-state index >= 15 is 0 Å². The minimum absolute atomic E-state index is 0.987. The van der Waals surface area contributed by atoms with Gasteiger partial charge in [-0.25, -0.2) is 0 Å². The lowest BCUT2D eigenvalue weighted by Crippen LogP contribution is -1.83. The summed E-state index contributed by atoms with van der Waals surface area (Å²) in [6, 6.07) is 0. The first-order valence-corrected chi connectivity index (χ1v) is 2.98. The Morgan fingerprint density at radius 2 is 2.33 bits per heavy atom. The number of hydrogen-bond acceptors (Lipinski definition) is 1. The molecule has 2 rings (SSSR count). The molecule has 2 aliphatic rings. The van der Waals surface area contributed by atoms with Gasteiger partial charge in [0, 0.05) is 5.57 Å². The van der Waals surface area contributed by atoms with Gasteiger partial charge in [-0.3, -0.25) is 0 Å². The molecule has 1 aliphatic heterocycles. The van der Waals surface area contributed by atoms with Crippen LogP contribution in [0.2, 0.25) is 0 Å². The number of fused-ring (bicyclic) bond motifs is 1. The third-order valence-corrected chi connectivity index (χ3v) is 1.44. The summed E-state index contributed by atoms with van der Waals surface area (Å²) in [5.41, 5.74) is 1.20. The Labute approximate surface area is 54.3 Å². The smallest absolute Gasteiger partial charge is 0.168 e. The summed E-state index contributed by atoms with van der Waals surface area (Å²) in [4.78, 5) is 0. The minimum atomic E-state index is 0.987. The molecular formula is C8H7O. The molecule has 0 aromatic rings. The van der Waals surface area contributed by atoms with Gasteiger partial charge in [0.15, 0.2) is 6.10 Å². The molecule has 1 nitrogen and oxygen atoms in total. The Kier molecular flexibility index (Phi) is 0.810. The lowest BCUT2D eigenvalue weighted by Gasteiger charge is -1.99. The van der Waals surface area contributed by atoms with E-state index in [9.17, 15) is 0 Å². The summed E-state index contributed by atoms with van der Waals surface area (Å²) >= 11 is 0. The van der Waals surface area contributed by atoms with Gasteiger partial charge >= 0.3 is 0 Å². The fourth-order valence-corrected chi connectivity index (χ4v) is 1.05. The summed E-state index contributed by atoms with van der Waals surface area (Å²) < 4.78 is 5.31. The second kappa shape index (κ2) is 1.50. The molecule has 9 heavy (non-hydrogen) atoms. The first kappa shape index (κ1) is 4.86. The molecule has 0 atom stereocenters. The molecule has 0 amide bonds. The number of allylic oxidation sites excluding steroid dienone is 3. The highest BCUT2D eigenvalue weighted by Crippen LogP contribution is 2.31. The molecule has 1 heterocycles. The van der Waals surface area contributed by atoms with Crippen LogP contribution in [0.3, 0.4) is 0 Å². The molecule has 0 unspecified atom stereocenters. The van der Waals surface area contributed by atoms with Gasteiger partial charge in [-0.05, 0) is 19.1 Å². The van der Waals surface area contributed by atoms with E-state index in [2.05, 4.69) is 0 Å². The average Bonchev–Trinajstić information content (AvgIpc) is 2.22. The van der Waals surface area contributed by atoms with Crippen molar-refractivity contribution in [2.75, 3.05) is 0 Å². The lowest BCUT2D eigenvalue weighted by molar-refractivity contribution is 0.284. The number of hydrogen-bond donors (Lipinski definition) is 0. The lowest BCUT2D eigenvalue weighted by atomic mass is 10.2. The molecule has 0 fully saturated rings. The van der Waals surface area contributed by atoms with E-state index in [1.807, 2.05) is 31.2 Å². The molecule has 0 spiro atoms. The molecular weight excluding hydrogens is 112 g/mol. The van der Waals surface area contributed by atoms with Gasteiger partial charge in [-0.15, -0.1) is 0 Å². The zero-order chi connectivity index (χ0) is 6.27. The fraction of sp³-hybridized carbons (Fsp3) is 0.125. The maximum absolute atomic E-state index is 5.31. The number of rotatable bonds is 0. The largest absolute Gasteiger partial charge is 0.478 e. The Morgan fingerprint density at radius 3 is 3.11 bits per heavy atom. The average molecular weight is 119 g/mol. The van der Waals surface area contributed by atoms with Gasteiger partial charge in [0.2, 0.25) is 0 Å². The maximum Gasteiger partial charge on any atom is 0.168 e. The van der Waals surface area contributed by atoms with Gasteiger partial charge in [0.25, 0.3) is 0 Å². The predicted octanol–water partition coefficient (Wildman–Crippen LogP) is 1.95. The van der Waals surface area contributed by atoms with Crippen LogP contribution in [0.1, 0.15) is 6.92 Å². The highest BCUT2D eigenvalue weighted by molar-refractivity contribution is 5.50. The van der Waals surface area contributed by atoms with Crippen molar-refractivity contribution in [1.29, 1.82) is 0 Å². The van der Waals surface area contributed by atoms with Crippen LogP contribution in [0, 0.1) is 6.10 Å². The van der Waals surface area contributed by atoms with Crippen LogP contribution in [0.25, 0.3) is 0 Å². The molecule has 1 aliphatic carbocycles. The first-order valence-electron chi connectivity index (χ1n) is 2.98. The standard InChI is InChI=1S/C8H7O/c1-6-5-7-3-2-4-8(7)9-6/h2-5H,1H3. The van der Waals surface area contributed by atoms with Crippen molar-refractivity contribution in [3.63, 3.8) is 0 Å². The third kappa shape index (κ3) is 0.611. The number of ether oxygens (including phenoxy) is 1. The van der Waals surface area contributed by atoms with Crippen molar-refractivity contribution in [3.05, 3.63) is 41.7 Å². The van der Waals surface area contributed by atoms with Crippen molar-refractivity contribution in [3.8, 4) is 0 Å². The third-order valence-electron chi connectivity index (χ3n) is 1.44. The summed E-state index contributed by atoms with van der Waals surface area (Å²) in [5, 5.41) is 0. The van der Waals surface area contributed by atoms with Gasteiger partial charge in [0.1, 0.15) is 5.76 Å². The second-order valence-electron chi connectivity index (χ2n) is 2.20. The molecule has 0 saturated carbocycles. The van der Waals surface area contributed by atoms with E-state index in [0.29, 0.717) is 0 Å². The zero-order valence-electron chi connectivity index (χ0n) is 5.22. The van der Waals surface area contributed by atoms with E-state index < -0.39 is 0 Å². The molecule has 0 saturated heterocycles. The molecule has 0 aromatic heterocycles. The van der Waals surface area contributed by atoms with Crippen LogP contribution in [0.5, 0.6) is 0 Å². The van der Waals surface area contributed by atoms with Crippen LogP contribution < -0.4 is 0 Å². The first-order chi connectivity index (χ1) is 4.36. The second-order valence-corrected chi connectivity index (χ2v) is 2.20. The summed E-state index contributed by atoms with van der Waals surface area (Å²) in [6.07, 6.45) is 9.04. The van der Waals surface area contributed by atoms with Crippen molar-refractivity contribution in [1.82, 2.24) is 0 Å². The van der Waals surface area contributed by atoms with Crippen LogP contribution in [0.15, 0.2) is 35.6 Å². The highest BCUT2D eigenvalue weighted by atomic mass is 16.5. The van der Waals surface area contributed by atoms with Crippen molar-refractivity contribution in [2.24, 2.45) is 0 Å². The van der Waals surface area contributed by atoms with Gasteiger partial charge in [-0.1, -0.05) is 12.2 Å². The van der Waals surface area contributed by atoms with E-state index in [4.69, 9.17) is 4.74 Å². The van der Waals surface area contributed by atoms with Crippen LogP contribution in [0.4, 0.5) is 0 Å². The van der Waals surface area contributed by atoms with Crippen LogP contribution in [-0.2, 0) is 4.74 Å².